The second kappa shape index (κ2) is 9.92. The minimum Gasteiger partial charge on any atom is -0.370 e. The summed E-state index contributed by atoms with van der Waals surface area (Å²) in [5, 5.41) is 7.01. The molecule has 0 aromatic heterocycles. The van der Waals surface area contributed by atoms with E-state index in [4.69, 9.17) is 5.73 Å². The summed E-state index contributed by atoms with van der Waals surface area (Å²) in [5.41, 5.74) is 8.42. The number of hydrogen-bond acceptors (Lipinski definition) is 2. The van der Waals surface area contributed by atoms with Crippen molar-refractivity contribution in [3.05, 3.63) is 66.2 Å². The fraction of sp³-hybridized carbons (Fsp3) is 0.381. The maximum atomic E-state index is 6.10. The molecule has 0 saturated heterocycles. The Morgan fingerprint density at radius 3 is 2.23 bits per heavy atom. The van der Waals surface area contributed by atoms with Crippen molar-refractivity contribution >= 4 is 35.6 Å². The third-order valence-electron chi connectivity index (χ3n) is 4.98. The van der Waals surface area contributed by atoms with E-state index in [0.717, 1.165) is 18.5 Å². The van der Waals surface area contributed by atoms with Gasteiger partial charge in [0.1, 0.15) is 0 Å². The van der Waals surface area contributed by atoms with E-state index in [1.54, 1.807) is 0 Å². The van der Waals surface area contributed by atoms with Gasteiger partial charge in [0.15, 0.2) is 5.96 Å². The maximum Gasteiger partial charge on any atom is 0.193 e. The summed E-state index contributed by atoms with van der Waals surface area (Å²) in [6, 6.07) is 20.8. The van der Waals surface area contributed by atoms with E-state index >= 15 is 0 Å². The van der Waals surface area contributed by atoms with Crippen molar-refractivity contribution in [2.24, 2.45) is 10.7 Å². The van der Waals surface area contributed by atoms with Crippen molar-refractivity contribution < 1.29 is 0 Å². The lowest BCUT2D eigenvalue weighted by Gasteiger charge is -2.33. The lowest BCUT2D eigenvalue weighted by Crippen LogP contribution is -2.47. The van der Waals surface area contributed by atoms with Gasteiger partial charge < -0.3 is 16.4 Å². The molecule has 1 unspecified atom stereocenters. The molecule has 0 heterocycles. The Morgan fingerprint density at radius 1 is 1.04 bits per heavy atom. The molecule has 26 heavy (non-hydrogen) atoms. The second-order valence-electron chi connectivity index (χ2n) is 6.96. The Balaban J connectivity index is 0.00000243. The highest BCUT2D eigenvalue weighted by Gasteiger charge is 2.34. The molecule has 1 atom stereocenters. The highest BCUT2D eigenvalue weighted by molar-refractivity contribution is 14.0. The van der Waals surface area contributed by atoms with Gasteiger partial charge in [-0.15, -0.1) is 24.0 Å². The molecule has 1 aliphatic carbocycles. The largest absolute Gasteiger partial charge is 0.370 e. The molecule has 4 nitrogen and oxygen atoms in total. The first kappa shape index (κ1) is 20.7. The Labute approximate surface area is 173 Å². The Hall–Kier alpha value is -1.60. The topological polar surface area (TPSA) is 62.4 Å². The Bertz CT molecular complexity index is 682. The first-order valence-corrected chi connectivity index (χ1v) is 9.12. The SMILES string of the molecule is CC(NC1(CN=C(N)Nc2ccccc2)CCCC1)c1ccccc1.I. The molecule has 1 saturated carbocycles. The first-order valence-electron chi connectivity index (χ1n) is 9.12. The number of nitrogens with zero attached hydrogens (tertiary/aromatic N) is 1. The van der Waals surface area contributed by atoms with Gasteiger partial charge in [0.25, 0.3) is 0 Å². The van der Waals surface area contributed by atoms with Crippen molar-refractivity contribution in [3.63, 3.8) is 0 Å². The third-order valence-corrected chi connectivity index (χ3v) is 4.98. The van der Waals surface area contributed by atoms with E-state index < -0.39 is 0 Å². The van der Waals surface area contributed by atoms with E-state index in [1.807, 2.05) is 30.3 Å². The van der Waals surface area contributed by atoms with Gasteiger partial charge in [-0.05, 0) is 37.5 Å². The molecule has 1 aliphatic rings. The highest BCUT2D eigenvalue weighted by atomic mass is 127. The van der Waals surface area contributed by atoms with Crippen LogP contribution in [0.1, 0.15) is 44.2 Å². The zero-order chi connectivity index (χ0) is 17.5. The number of nitrogens with two attached hydrogens (primary N) is 1. The summed E-state index contributed by atoms with van der Waals surface area (Å²) in [4.78, 5) is 4.64. The van der Waals surface area contributed by atoms with Crippen molar-refractivity contribution in [2.75, 3.05) is 11.9 Å². The standard InChI is InChI=1S/C21H28N4.HI/c1-17(18-10-4-2-5-11-18)25-21(14-8-9-15-21)16-23-20(22)24-19-12-6-3-7-13-19;/h2-7,10-13,17,25H,8-9,14-16H2,1H3,(H3,22,23,24);1H. The monoisotopic (exact) mass is 464 g/mol. The van der Waals surface area contributed by atoms with Crippen LogP contribution in [-0.2, 0) is 0 Å². The van der Waals surface area contributed by atoms with Crippen molar-refractivity contribution in [3.8, 4) is 0 Å². The van der Waals surface area contributed by atoms with Crippen LogP contribution in [0.15, 0.2) is 65.7 Å². The lowest BCUT2D eigenvalue weighted by atomic mass is 9.95. The van der Waals surface area contributed by atoms with Crippen LogP contribution in [0.3, 0.4) is 0 Å². The van der Waals surface area contributed by atoms with Crippen LogP contribution in [-0.4, -0.2) is 18.0 Å². The van der Waals surface area contributed by atoms with E-state index in [1.165, 1.54) is 18.4 Å². The predicted molar refractivity (Wildman–Crippen MR) is 121 cm³/mol. The van der Waals surface area contributed by atoms with Crippen LogP contribution >= 0.6 is 24.0 Å². The number of benzene rings is 2. The quantitative estimate of drug-likeness (QED) is 0.330. The number of rotatable bonds is 6. The van der Waals surface area contributed by atoms with E-state index in [9.17, 15) is 0 Å². The summed E-state index contributed by atoms with van der Waals surface area (Å²) in [6.45, 7) is 2.93. The number of guanidine groups is 1. The smallest absolute Gasteiger partial charge is 0.193 e. The van der Waals surface area contributed by atoms with Gasteiger partial charge >= 0.3 is 0 Å². The van der Waals surface area contributed by atoms with Gasteiger partial charge in [-0.25, -0.2) is 0 Å². The zero-order valence-corrected chi connectivity index (χ0v) is 17.6. The van der Waals surface area contributed by atoms with Crippen molar-refractivity contribution in [1.29, 1.82) is 0 Å². The number of halogens is 1. The molecule has 2 aromatic carbocycles. The number of para-hydroxylation sites is 1. The zero-order valence-electron chi connectivity index (χ0n) is 15.3. The van der Waals surface area contributed by atoms with Gasteiger partial charge in [-0.1, -0.05) is 61.4 Å². The van der Waals surface area contributed by atoms with E-state index in [0.29, 0.717) is 18.5 Å². The van der Waals surface area contributed by atoms with Gasteiger partial charge in [-0.2, -0.15) is 0 Å². The van der Waals surface area contributed by atoms with Crippen molar-refractivity contribution in [2.45, 2.75) is 44.2 Å². The molecule has 4 N–H and O–H groups in total. The molecule has 2 aromatic rings. The molecular formula is C21H29IN4. The van der Waals surface area contributed by atoms with Crippen LogP contribution in [0, 0.1) is 0 Å². The average molecular weight is 464 g/mol. The Kier molecular flexibility index (Phi) is 7.90. The predicted octanol–water partition coefficient (Wildman–Crippen LogP) is 4.69. The summed E-state index contributed by atoms with van der Waals surface area (Å²) in [7, 11) is 0. The van der Waals surface area contributed by atoms with E-state index in [-0.39, 0.29) is 29.5 Å². The van der Waals surface area contributed by atoms with Gasteiger partial charge in [0, 0.05) is 17.3 Å². The third kappa shape index (κ3) is 5.71. The summed E-state index contributed by atoms with van der Waals surface area (Å²) >= 11 is 0. The number of hydrogen-bond donors (Lipinski definition) is 3. The van der Waals surface area contributed by atoms with Crippen LogP contribution in [0.5, 0.6) is 0 Å². The summed E-state index contributed by atoms with van der Waals surface area (Å²) < 4.78 is 0. The normalized spacial score (nSPS) is 17.3. The molecule has 1 fully saturated rings. The summed E-state index contributed by atoms with van der Waals surface area (Å²) in [6.07, 6.45) is 4.78. The fourth-order valence-corrected chi connectivity index (χ4v) is 3.63. The molecule has 0 amide bonds. The number of nitrogens with one attached hydrogen (secondary N) is 2. The van der Waals surface area contributed by atoms with Crippen molar-refractivity contribution in [1.82, 2.24) is 5.32 Å². The molecule has 0 radical (unpaired) electrons. The minimum absolute atomic E-state index is 0. The molecule has 0 spiro atoms. The van der Waals surface area contributed by atoms with Gasteiger partial charge in [0.05, 0.1) is 6.54 Å². The molecule has 3 rings (SSSR count). The average Bonchev–Trinajstić information content (AvgIpc) is 3.10. The van der Waals surface area contributed by atoms with Crippen LogP contribution in [0.4, 0.5) is 5.69 Å². The first-order chi connectivity index (χ1) is 12.2. The molecule has 0 bridgehead atoms. The second-order valence-corrected chi connectivity index (χ2v) is 6.96. The van der Waals surface area contributed by atoms with E-state index in [2.05, 4.69) is 52.9 Å². The summed E-state index contributed by atoms with van der Waals surface area (Å²) in [5.74, 6) is 0.478. The van der Waals surface area contributed by atoms with Crippen LogP contribution < -0.4 is 16.4 Å². The lowest BCUT2D eigenvalue weighted by molar-refractivity contribution is 0.308. The molecule has 140 valence electrons. The van der Waals surface area contributed by atoms with Crippen LogP contribution in [0.25, 0.3) is 0 Å². The number of aliphatic imine (C=N–C) groups is 1. The molecule has 5 heteroatoms. The van der Waals surface area contributed by atoms with Gasteiger partial charge in [0.2, 0.25) is 0 Å². The highest BCUT2D eigenvalue weighted by Crippen LogP contribution is 2.32. The minimum atomic E-state index is 0. The Morgan fingerprint density at radius 2 is 1.62 bits per heavy atom. The van der Waals surface area contributed by atoms with Crippen LogP contribution in [0.2, 0.25) is 0 Å². The fourth-order valence-electron chi connectivity index (χ4n) is 3.63. The number of anilines is 1. The molecular weight excluding hydrogens is 435 g/mol. The molecule has 0 aliphatic heterocycles. The van der Waals surface area contributed by atoms with Gasteiger partial charge in [-0.3, -0.25) is 4.99 Å². The maximum absolute atomic E-state index is 6.10.